The van der Waals surface area contributed by atoms with Crippen LogP contribution in [0.5, 0.6) is 5.75 Å². The quantitative estimate of drug-likeness (QED) is 0.145. The number of anilines is 1. The molecule has 4 aromatic carbocycles. The van der Waals surface area contributed by atoms with Crippen LogP contribution in [0.25, 0.3) is 10.8 Å². The van der Waals surface area contributed by atoms with Gasteiger partial charge in [-0.3, -0.25) is 5.43 Å². The average Bonchev–Trinajstić information content (AvgIpc) is 2.74. The molecule has 0 atom stereocenters. The lowest BCUT2D eigenvalue weighted by Crippen LogP contribution is -2.01. The summed E-state index contributed by atoms with van der Waals surface area (Å²) in [5.74, 6) is 0.910. The van der Waals surface area contributed by atoms with E-state index in [1.165, 1.54) is 16.3 Å². The zero-order valence-corrected chi connectivity index (χ0v) is 19.8. The third kappa shape index (κ3) is 5.08. The molecule has 0 aromatic heterocycles. The van der Waals surface area contributed by atoms with Crippen molar-refractivity contribution in [2.24, 2.45) is 5.10 Å². The SMILES string of the molecule is Ic1cc(/C=N/Nc2ccccc2)cc(I)c1OCc1cccc2ccccc12. The predicted molar refractivity (Wildman–Crippen MR) is 138 cm³/mol. The van der Waals surface area contributed by atoms with Gasteiger partial charge in [0.2, 0.25) is 0 Å². The lowest BCUT2D eigenvalue weighted by Gasteiger charge is -2.13. The Labute approximate surface area is 197 Å². The molecule has 0 aliphatic carbocycles. The standard InChI is InChI=1S/C24H18I2N2O/c25-22-13-17(15-27-28-20-10-2-1-3-11-20)14-23(26)24(22)29-16-19-9-6-8-18-7-4-5-12-21(18)19/h1-15,28H,16H2/b27-15+. The van der Waals surface area contributed by atoms with Gasteiger partial charge < -0.3 is 4.74 Å². The lowest BCUT2D eigenvalue weighted by molar-refractivity contribution is 0.303. The maximum Gasteiger partial charge on any atom is 0.146 e. The van der Waals surface area contributed by atoms with Crippen LogP contribution in [0.2, 0.25) is 0 Å². The Kier molecular flexibility index (Phi) is 6.66. The second kappa shape index (κ2) is 9.58. The monoisotopic (exact) mass is 604 g/mol. The molecular weight excluding hydrogens is 586 g/mol. The first kappa shape index (κ1) is 20.2. The van der Waals surface area contributed by atoms with Crippen LogP contribution in [0.4, 0.5) is 5.69 Å². The number of benzene rings is 4. The molecule has 144 valence electrons. The summed E-state index contributed by atoms with van der Waals surface area (Å²) in [6.07, 6.45) is 1.83. The van der Waals surface area contributed by atoms with E-state index in [-0.39, 0.29) is 0 Å². The van der Waals surface area contributed by atoms with Crippen LogP contribution < -0.4 is 10.2 Å². The molecule has 3 nitrogen and oxygen atoms in total. The number of nitrogens with zero attached hydrogens (tertiary/aromatic N) is 1. The molecule has 0 amide bonds. The summed E-state index contributed by atoms with van der Waals surface area (Å²) in [4.78, 5) is 0. The van der Waals surface area contributed by atoms with Gasteiger partial charge in [-0.1, -0.05) is 60.7 Å². The number of para-hydroxylation sites is 1. The Morgan fingerprint density at radius 1 is 0.828 bits per heavy atom. The van der Waals surface area contributed by atoms with Gasteiger partial charge in [0.25, 0.3) is 0 Å². The summed E-state index contributed by atoms with van der Waals surface area (Å²) in [7, 11) is 0. The number of halogens is 2. The van der Waals surface area contributed by atoms with Crippen molar-refractivity contribution in [1.29, 1.82) is 0 Å². The van der Waals surface area contributed by atoms with Gasteiger partial charge in [0.1, 0.15) is 12.4 Å². The molecule has 29 heavy (non-hydrogen) atoms. The number of rotatable bonds is 6. The van der Waals surface area contributed by atoms with E-state index in [2.05, 4.69) is 110 Å². The Bertz CT molecular complexity index is 1130. The van der Waals surface area contributed by atoms with Gasteiger partial charge in [0, 0.05) is 0 Å². The number of nitrogens with one attached hydrogen (secondary N) is 1. The maximum atomic E-state index is 6.22. The molecule has 0 radical (unpaired) electrons. The predicted octanol–water partition coefficient (Wildman–Crippen LogP) is 7.07. The fraction of sp³-hybridized carbons (Fsp3) is 0.0417. The highest BCUT2D eigenvalue weighted by atomic mass is 127. The molecule has 0 aliphatic rings. The summed E-state index contributed by atoms with van der Waals surface area (Å²) < 4.78 is 8.35. The van der Waals surface area contributed by atoms with Crippen molar-refractivity contribution in [2.45, 2.75) is 6.61 Å². The number of hydrogen-bond acceptors (Lipinski definition) is 3. The largest absolute Gasteiger partial charge is 0.487 e. The molecule has 4 aromatic rings. The minimum absolute atomic E-state index is 0.538. The third-order valence-electron chi connectivity index (χ3n) is 4.45. The fourth-order valence-corrected chi connectivity index (χ4v) is 5.18. The third-order valence-corrected chi connectivity index (χ3v) is 6.06. The molecular formula is C24H18I2N2O. The number of fused-ring (bicyclic) bond motifs is 1. The van der Waals surface area contributed by atoms with E-state index >= 15 is 0 Å². The van der Waals surface area contributed by atoms with Gasteiger partial charge in [-0.05, 0) is 91.3 Å². The molecule has 0 aliphatic heterocycles. The Morgan fingerprint density at radius 2 is 1.52 bits per heavy atom. The molecule has 0 bridgehead atoms. The zero-order chi connectivity index (χ0) is 20.1. The smallest absolute Gasteiger partial charge is 0.146 e. The lowest BCUT2D eigenvalue weighted by atomic mass is 10.1. The van der Waals surface area contributed by atoms with Crippen LogP contribution in [-0.4, -0.2) is 6.21 Å². The molecule has 0 unspecified atom stereocenters. The molecule has 0 spiro atoms. The highest BCUT2D eigenvalue weighted by molar-refractivity contribution is 14.1. The Balaban J connectivity index is 1.48. The first-order valence-corrected chi connectivity index (χ1v) is 11.3. The first-order chi connectivity index (χ1) is 14.2. The van der Waals surface area contributed by atoms with Crippen LogP contribution in [0, 0.1) is 7.14 Å². The molecule has 1 N–H and O–H groups in total. The first-order valence-electron chi connectivity index (χ1n) is 9.13. The zero-order valence-electron chi connectivity index (χ0n) is 15.5. The van der Waals surface area contributed by atoms with E-state index in [1.807, 2.05) is 36.5 Å². The van der Waals surface area contributed by atoms with E-state index in [9.17, 15) is 0 Å². The van der Waals surface area contributed by atoms with Gasteiger partial charge in [0.05, 0.1) is 19.0 Å². The number of hydrogen-bond donors (Lipinski definition) is 1. The Morgan fingerprint density at radius 3 is 2.31 bits per heavy atom. The normalized spacial score (nSPS) is 11.1. The highest BCUT2D eigenvalue weighted by Crippen LogP contribution is 2.30. The topological polar surface area (TPSA) is 33.6 Å². The van der Waals surface area contributed by atoms with Crippen molar-refractivity contribution in [2.75, 3.05) is 5.43 Å². The summed E-state index contributed by atoms with van der Waals surface area (Å²) in [6.45, 7) is 0.538. The van der Waals surface area contributed by atoms with Crippen molar-refractivity contribution in [3.8, 4) is 5.75 Å². The molecule has 5 heteroatoms. The Hall–Kier alpha value is -2.13. The van der Waals surface area contributed by atoms with E-state index in [4.69, 9.17) is 4.74 Å². The second-order valence-corrected chi connectivity index (χ2v) is 8.80. The van der Waals surface area contributed by atoms with Gasteiger partial charge in [-0.15, -0.1) is 0 Å². The molecule has 4 rings (SSSR count). The molecule has 0 heterocycles. The maximum absolute atomic E-state index is 6.22. The number of hydrazone groups is 1. The van der Waals surface area contributed by atoms with Crippen LogP contribution >= 0.6 is 45.2 Å². The van der Waals surface area contributed by atoms with Crippen molar-refractivity contribution in [1.82, 2.24) is 0 Å². The van der Waals surface area contributed by atoms with E-state index in [0.29, 0.717) is 6.61 Å². The van der Waals surface area contributed by atoms with Crippen molar-refractivity contribution in [3.63, 3.8) is 0 Å². The summed E-state index contributed by atoms with van der Waals surface area (Å²) >= 11 is 4.65. The van der Waals surface area contributed by atoms with Crippen LogP contribution in [0.1, 0.15) is 11.1 Å². The van der Waals surface area contributed by atoms with Gasteiger partial charge in [-0.2, -0.15) is 5.10 Å². The minimum atomic E-state index is 0.538. The van der Waals surface area contributed by atoms with E-state index in [0.717, 1.165) is 24.1 Å². The summed E-state index contributed by atoms with van der Waals surface area (Å²) in [6, 6.07) is 28.8. The van der Waals surface area contributed by atoms with Gasteiger partial charge in [-0.25, -0.2) is 0 Å². The van der Waals surface area contributed by atoms with Crippen molar-refractivity contribution >= 4 is 67.9 Å². The fourth-order valence-electron chi connectivity index (χ4n) is 3.05. The van der Waals surface area contributed by atoms with Gasteiger partial charge >= 0.3 is 0 Å². The van der Waals surface area contributed by atoms with E-state index < -0.39 is 0 Å². The van der Waals surface area contributed by atoms with Crippen LogP contribution in [0.3, 0.4) is 0 Å². The average molecular weight is 604 g/mol. The minimum Gasteiger partial charge on any atom is -0.487 e. The molecule has 0 saturated carbocycles. The summed E-state index contributed by atoms with van der Waals surface area (Å²) in [5.41, 5.74) is 6.22. The van der Waals surface area contributed by atoms with Crippen molar-refractivity contribution < 1.29 is 4.74 Å². The number of ether oxygens (including phenoxy) is 1. The van der Waals surface area contributed by atoms with E-state index in [1.54, 1.807) is 0 Å². The van der Waals surface area contributed by atoms with Crippen LogP contribution in [-0.2, 0) is 6.61 Å². The molecule has 0 fully saturated rings. The second-order valence-electron chi connectivity index (χ2n) is 6.48. The summed E-state index contributed by atoms with van der Waals surface area (Å²) in [5, 5.41) is 6.79. The highest BCUT2D eigenvalue weighted by Gasteiger charge is 2.10. The van der Waals surface area contributed by atoms with Crippen LogP contribution in [0.15, 0.2) is 90.0 Å². The van der Waals surface area contributed by atoms with Gasteiger partial charge in [0.15, 0.2) is 0 Å². The molecule has 0 saturated heterocycles. The van der Waals surface area contributed by atoms with Crippen molar-refractivity contribution in [3.05, 3.63) is 103 Å².